The third-order valence-electron chi connectivity index (χ3n) is 3.46. The number of aliphatic hydroxyl groups excluding tert-OH is 2. The molecule has 0 radical (unpaired) electrons. The molecule has 0 aromatic heterocycles. The lowest BCUT2D eigenvalue weighted by Gasteiger charge is -2.42. The predicted octanol–water partition coefficient (Wildman–Crippen LogP) is -1.07. The molecule has 0 aromatic carbocycles. The number of hydrogen-bond acceptors (Lipinski definition) is 9. The fourth-order valence-electron chi connectivity index (χ4n) is 2.53. The molecule has 0 bridgehead atoms. The van der Waals surface area contributed by atoms with Crippen LogP contribution in [0, 0.1) is 0 Å². The minimum Gasteiger partial charge on any atom is -0.466 e. The van der Waals surface area contributed by atoms with Crippen molar-refractivity contribution < 1.29 is 43.5 Å². The molecular weight excluding hydrogens is 312 g/mol. The van der Waals surface area contributed by atoms with Gasteiger partial charge in [-0.3, -0.25) is 9.59 Å². The third kappa shape index (κ3) is 5.15. The Hall–Kier alpha value is -1.71. The van der Waals surface area contributed by atoms with Crippen LogP contribution >= 0.6 is 0 Å². The van der Waals surface area contributed by atoms with Gasteiger partial charge in [0.2, 0.25) is 5.60 Å². The predicted molar refractivity (Wildman–Crippen MR) is 74.1 cm³/mol. The van der Waals surface area contributed by atoms with Gasteiger partial charge >= 0.3 is 17.9 Å². The molecule has 132 valence electrons. The Kier molecular flexibility index (Phi) is 6.92. The summed E-state index contributed by atoms with van der Waals surface area (Å²) in [6, 6.07) is 0. The van der Waals surface area contributed by atoms with E-state index in [-0.39, 0.29) is 26.1 Å². The van der Waals surface area contributed by atoms with Crippen molar-refractivity contribution in [2.24, 2.45) is 0 Å². The van der Waals surface area contributed by atoms with E-state index in [0.717, 1.165) is 14.0 Å². The Morgan fingerprint density at radius 2 is 1.74 bits per heavy atom. The van der Waals surface area contributed by atoms with Crippen LogP contribution in [0.25, 0.3) is 0 Å². The number of ether oxygens (including phenoxy) is 4. The second-order valence-corrected chi connectivity index (χ2v) is 5.29. The number of esters is 3. The maximum Gasteiger partial charge on any atom is 0.350 e. The topological polar surface area (TPSA) is 129 Å². The Balaban J connectivity index is 2.82. The van der Waals surface area contributed by atoms with E-state index in [4.69, 9.17) is 14.2 Å². The van der Waals surface area contributed by atoms with Crippen molar-refractivity contribution in [1.29, 1.82) is 0 Å². The lowest BCUT2D eigenvalue weighted by Crippen LogP contribution is -2.59. The van der Waals surface area contributed by atoms with Crippen molar-refractivity contribution in [3.63, 3.8) is 0 Å². The maximum atomic E-state index is 12.0. The molecule has 9 nitrogen and oxygen atoms in total. The van der Waals surface area contributed by atoms with E-state index in [1.807, 2.05) is 0 Å². The number of rotatable bonds is 6. The van der Waals surface area contributed by atoms with Gasteiger partial charge in [-0.2, -0.15) is 0 Å². The molecule has 2 N–H and O–H groups in total. The van der Waals surface area contributed by atoms with Crippen molar-refractivity contribution >= 4 is 17.9 Å². The van der Waals surface area contributed by atoms with Gasteiger partial charge in [0.25, 0.3) is 0 Å². The zero-order valence-electron chi connectivity index (χ0n) is 13.3. The van der Waals surface area contributed by atoms with Crippen molar-refractivity contribution in [1.82, 2.24) is 0 Å². The van der Waals surface area contributed by atoms with Gasteiger partial charge in [-0.1, -0.05) is 0 Å². The summed E-state index contributed by atoms with van der Waals surface area (Å²) in [6.45, 7) is 2.26. The van der Waals surface area contributed by atoms with E-state index in [2.05, 4.69) is 4.74 Å². The Labute approximate surface area is 133 Å². The quantitative estimate of drug-likeness (QED) is 0.354. The summed E-state index contributed by atoms with van der Waals surface area (Å²) >= 11 is 0. The lowest BCUT2D eigenvalue weighted by molar-refractivity contribution is -0.211. The fourth-order valence-corrected chi connectivity index (χ4v) is 2.53. The van der Waals surface area contributed by atoms with Crippen LogP contribution in [0.1, 0.15) is 26.7 Å². The van der Waals surface area contributed by atoms with Gasteiger partial charge in [-0.15, -0.1) is 0 Å². The molecule has 0 spiro atoms. The van der Waals surface area contributed by atoms with Crippen LogP contribution in [0.5, 0.6) is 0 Å². The summed E-state index contributed by atoms with van der Waals surface area (Å²) in [4.78, 5) is 34.0. The van der Waals surface area contributed by atoms with E-state index in [9.17, 15) is 24.6 Å². The van der Waals surface area contributed by atoms with E-state index >= 15 is 0 Å². The van der Waals surface area contributed by atoms with E-state index in [1.165, 1.54) is 6.92 Å². The van der Waals surface area contributed by atoms with Crippen LogP contribution in [0.2, 0.25) is 0 Å². The molecule has 23 heavy (non-hydrogen) atoms. The van der Waals surface area contributed by atoms with Gasteiger partial charge in [0.05, 0.1) is 25.9 Å². The Morgan fingerprint density at radius 1 is 1.09 bits per heavy atom. The normalized spacial score (nSPS) is 30.4. The average Bonchev–Trinajstić information content (AvgIpc) is 2.46. The summed E-state index contributed by atoms with van der Waals surface area (Å²) < 4.78 is 19.8. The molecule has 4 atom stereocenters. The summed E-state index contributed by atoms with van der Waals surface area (Å²) in [7, 11) is 1.13. The number of methoxy groups -OCH3 is 1. The van der Waals surface area contributed by atoms with Crippen LogP contribution in [0.4, 0.5) is 0 Å². The van der Waals surface area contributed by atoms with Gasteiger partial charge in [0.15, 0.2) is 0 Å². The third-order valence-corrected chi connectivity index (χ3v) is 3.46. The zero-order chi connectivity index (χ0) is 17.6. The fraction of sp³-hybridized carbons (Fsp3) is 0.786. The first-order valence-electron chi connectivity index (χ1n) is 7.11. The van der Waals surface area contributed by atoms with Gasteiger partial charge in [0, 0.05) is 26.7 Å². The van der Waals surface area contributed by atoms with E-state index in [1.54, 1.807) is 0 Å². The van der Waals surface area contributed by atoms with Crippen LogP contribution in [-0.2, 0) is 33.3 Å². The molecule has 0 amide bonds. The molecule has 0 unspecified atom stereocenters. The first-order chi connectivity index (χ1) is 10.7. The van der Waals surface area contributed by atoms with E-state index < -0.39 is 41.8 Å². The summed E-state index contributed by atoms with van der Waals surface area (Å²) in [6.07, 6.45) is -4.10. The van der Waals surface area contributed by atoms with Gasteiger partial charge in [0.1, 0.15) is 12.7 Å². The van der Waals surface area contributed by atoms with Crippen LogP contribution in [-0.4, -0.2) is 72.4 Å². The number of hydrogen-bond donors (Lipinski definition) is 2. The van der Waals surface area contributed by atoms with Crippen molar-refractivity contribution in [2.45, 2.75) is 50.6 Å². The van der Waals surface area contributed by atoms with Gasteiger partial charge in [-0.05, 0) is 0 Å². The highest BCUT2D eigenvalue weighted by atomic mass is 16.6. The second kappa shape index (κ2) is 8.23. The molecule has 1 aliphatic carbocycles. The van der Waals surface area contributed by atoms with Crippen LogP contribution in [0.3, 0.4) is 0 Å². The summed E-state index contributed by atoms with van der Waals surface area (Å²) in [5.41, 5.74) is -1.73. The molecule has 1 rings (SSSR count). The summed E-state index contributed by atoms with van der Waals surface area (Å²) in [5.74, 6) is -2.05. The first-order valence-corrected chi connectivity index (χ1v) is 7.11. The molecule has 1 fully saturated rings. The first kappa shape index (κ1) is 19.3. The number of aliphatic hydroxyl groups is 2. The largest absolute Gasteiger partial charge is 0.466 e. The Bertz CT molecular complexity index is 450. The SMILES string of the molecule is COC(=O)[C@]1(OC(C)=O)C[C@@H](O)[C@@H](O)[C@H](OCCOC(C)=O)C1. The molecule has 0 aliphatic heterocycles. The minimum atomic E-state index is -1.73. The lowest BCUT2D eigenvalue weighted by atomic mass is 9.79. The number of carbonyl (C=O) groups is 3. The monoisotopic (exact) mass is 334 g/mol. The molecule has 0 aromatic rings. The van der Waals surface area contributed by atoms with Crippen molar-refractivity contribution in [3.8, 4) is 0 Å². The second-order valence-electron chi connectivity index (χ2n) is 5.29. The molecule has 9 heteroatoms. The van der Waals surface area contributed by atoms with Crippen molar-refractivity contribution in [3.05, 3.63) is 0 Å². The maximum absolute atomic E-state index is 12.0. The molecule has 1 saturated carbocycles. The van der Waals surface area contributed by atoms with Gasteiger partial charge < -0.3 is 29.2 Å². The molecular formula is C14H22O9. The van der Waals surface area contributed by atoms with Gasteiger partial charge in [-0.25, -0.2) is 4.79 Å². The smallest absolute Gasteiger partial charge is 0.350 e. The number of carbonyl (C=O) groups excluding carboxylic acids is 3. The highest BCUT2D eigenvalue weighted by Gasteiger charge is 2.53. The Morgan fingerprint density at radius 3 is 2.26 bits per heavy atom. The highest BCUT2D eigenvalue weighted by molar-refractivity contribution is 5.83. The molecule has 1 aliphatic rings. The average molecular weight is 334 g/mol. The molecule has 0 saturated heterocycles. The van der Waals surface area contributed by atoms with Crippen LogP contribution in [0.15, 0.2) is 0 Å². The zero-order valence-corrected chi connectivity index (χ0v) is 13.3. The van der Waals surface area contributed by atoms with Crippen LogP contribution < -0.4 is 0 Å². The summed E-state index contributed by atoms with van der Waals surface area (Å²) in [5, 5.41) is 20.0. The highest BCUT2D eigenvalue weighted by Crippen LogP contribution is 2.35. The standard InChI is InChI=1S/C14H22O9/c1-8(15)21-4-5-22-11-7-14(13(19)20-3,23-9(2)16)6-10(17)12(11)18/h10-12,17-18H,4-7H2,1-3H3/t10-,11-,12-,14+/m1/s1. The van der Waals surface area contributed by atoms with E-state index in [0.29, 0.717) is 0 Å². The van der Waals surface area contributed by atoms with Crippen molar-refractivity contribution in [2.75, 3.05) is 20.3 Å². The molecule has 0 heterocycles. The minimum absolute atomic E-state index is 0.0482.